The quantitative estimate of drug-likeness (QED) is 0.717. The number of nitrogens with zero attached hydrogens (tertiary/aromatic N) is 2. The van der Waals surface area contributed by atoms with Crippen molar-refractivity contribution in [1.82, 2.24) is 14.5 Å². The Labute approximate surface area is 138 Å². The molecular formula is C17H25N3O2S. The van der Waals surface area contributed by atoms with E-state index in [2.05, 4.69) is 16.7 Å². The molecule has 1 aromatic carbocycles. The first kappa shape index (κ1) is 17.7. The summed E-state index contributed by atoms with van der Waals surface area (Å²) in [6.07, 6.45) is 5.86. The Bertz CT molecular complexity index is 706. The van der Waals surface area contributed by atoms with Gasteiger partial charge in [-0.25, -0.2) is 13.1 Å². The van der Waals surface area contributed by atoms with E-state index in [4.69, 9.17) is 0 Å². The van der Waals surface area contributed by atoms with Gasteiger partial charge in [0.1, 0.15) is 0 Å². The fourth-order valence-corrected chi connectivity index (χ4v) is 3.41. The zero-order valence-electron chi connectivity index (χ0n) is 13.8. The summed E-state index contributed by atoms with van der Waals surface area (Å²) in [7, 11) is -3.43. The van der Waals surface area contributed by atoms with E-state index >= 15 is 0 Å². The minimum atomic E-state index is -3.43. The molecule has 0 fully saturated rings. The maximum atomic E-state index is 12.2. The highest BCUT2D eigenvalue weighted by Gasteiger charge is 2.12. The van der Waals surface area contributed by atoms with Crippen LogP contribution < -0.4 is 4.72 Å². The van der Waals surface area contributed by atoms with Crippen molar-refractivity contribution in [2.75, 3.05) is 6.54 Å². The first-order valence-electron chi connectivity index (χ1n) is 8.10. The van der Waals surface area contributed by atoms with Gasteiger partial charge in [0.2, 0.25) is 10.0 Å². The van der Waals surface area contributed by atoms with E-state index in [1.165, 1.54) is 5.56 Å². The summed E-state index contributed by atoms with van der Waals surface area (Å²) < 4.78 is 29.0. The van der Waals surface area contributed by atoms with Crippen LogP contribution in [-0.2, 0) is 23.0 Å². The first-order chi connectivity index (χ1) is 11.0. The van der Waals surface area contributed by atoms with E-state index in [9.17, 15) is 8.42 Å². The summed E-state index contributed by atoms with van der Waals surface area (Å²) in [5.74, 6) is 0. The van der Waals surface area contributed by atoms with Gasteiger partial charge < -0.3 is 0 Å². The fourth-order valence-electron chi connectivity index (χ4n) is 2.33. The summed E-state index contributed by atoms with van der Waals surface area (Å²) in [5.41, 5.74) is 2.15. The summed E-state index contributed by atoms with van der Waals surface area (Å²) in [6.45, 7) is 5.18. The van der Waals surface area contributed by atoms with Gasteiger partial charge in [0.25, 0.3) is 0 Å². The second-order valence-corrected chi connectivity index (χ2v) is 7.49. The third-order valence-electron chi connectivity index (χ3n) is 3.68. The van der Waals surface area contributed by atoms with Crippen molar-refractivity contribution in [3.8, 4) is 0 Å². The van der Waals surface area contributed by atoms with Crippen molar-refractivity contribution in [2.24, 2.45) is 0 Å². The van der Waals surface area contributed by atoms with Crippen LogP contribution >= 0.6 is 0 Å². The second-order valence-electron chi connectivity index (χ2n) is 5.72. The molecule has 0 unspecified atom stereocenters. The molecule has 2 aromatic rings. The summed E-state index contributed by atoms with van der Waals surface area (Å²) in [6, 6.07) is 9.10. The first-order valence-corrected chi connectivity index (χ1v) is 9.58. The van der Waals surface area contributed by atoms with Crippen LogP contribution in [0.4, 0.5) is 0 Å². The molecule has 0 amide bonds. The topological polar surface area (TPSA) is 64.0 Å². The van der Waals surface area contributed by atoms with Crippen LogP contribution in [0.25, 0.3) is 0 Å². The van der Waals surface area contributed by atoms with Crippen molar-refractivity contribution in [3.05, 3.63) is 47.8 Å². The molecule has 2 rings (SSSR count). The van der Waals surface area contributed by atoms with Gasteiger partial charge in [-0.1, -0.05) is 25.5 Å². The van der Waals surface area contributed by atoms with Gasteiger partial charge in [0.05, 0.1) is 10.6 Å². The number of unbranched alkanes of at least 4 members (excludes halogenated alkanes) is 1. The number of nitrogens with one attached hydrogen (secondary N) is 1. The minimum absolute atomic E-state index is 0.327. The Hall–Kier alpha value is -1.66. The molecule has 6 heteroatoms. The number of hydrogen-bond acceptors (Lipinski definition) is 3. The molecule has 23 heavy (non-hydrogen) atoms. The molecule has 0 aliphatic rings. The Morgan fingerprint density at radius 3 is 2.48 bits per heavy atom. The molecule has 0 aliphatic carbocycles. The van der Waals surface area contributed by atoms with Gasteiger partial charge >= 0.3 is 0 Å². The lowest BCUT2D eigenvalue weighted by Crippen LogP contribution is -2.25. The standard InChI is InChI=1S/C17H25N3O2S/c1-3-4-6-16-7-9-17(10-8-16)23(21,22)18-12-5-13-20-14-11-15(2)19-20/h7-11,14,18H,3-6,12-13H2,1-2H3. The molecule has 1 N–H and O–H groups in total. The third kappa shape index (κ3) is 5.48. The van der Waals surface area contributed by atoms with Crippen LogP contribution in [0.15, 0.2) is 41.4 Å². The van der Waals surface area contributed by atoms with Crippen LogP contribution in [-0.4, -0.2) is 24.7 Å². The molecule has 0 aliphatic heterocycles. The normalized spacial score (nSPS) is 11.7. The summed E-state index contributed by atoms with van der Waals surface area (Å²) >= 11 is 0. The lowest BCUT2D eigenvalue weighted by molar-refractivity contribution is 0.551. The fraction of sp³-hybridized carbons (Fsp3) is 0.471. The number of aryl methyl sites for hydroxylation is 3. The number of benzene rings is 1. The van der Waals surface area contributed by atoms with Gasteiger partial charge in [-0.2, -0.15) is 5.10 Å². The van der Waals surface area contributed by atoms with Gasteiger partial charge in [0, 0.05) is 19.3 Å². The second kappa shape index (κ2) is 8.26. The van der Waals surface area contributed by atoms with Crippen molar-refractivity contribution in [1.29, 1.82) is 0 Å². The zero-order chi connectivity index (χ0) is 16.7. The molecular weight excluding hydrogens is 310 g/mol. The van der Waals surface area contributed by atoms with E-state index in [0.717, 1.165) is 25.0 Å². The monoisotopic (exact) mass is 335 g/mol. The number of sulfonamides is 1. The molecule has 1 heterocycles. The molecule has 0 spiro atoms. The highest BCUT2D eigenvalue weighted by molar-refractivity contribution is 7.89. The zero-order valence-corrected chi connectivity index (χ0v) is 14.6. The van der Waals surface area contributed by atoms with Gasteiger partial charge in [-0.05, 0) is 49.9 Å². The van der Waals surface area contributed by atoms with Crippen LogP contribution in [0.3, 0.4) is 0 Å². The van der Waals surface area contributed by atoms with E-state index < -0.39 is 10.0 Å². The van der Waals surface area contributed by atoms with Crippen molar-refractivity contribution >= 4 is 10.0 Å². The van der Waals surface area contributed by atoms with Gasteiger partial charge in [-0.3, -0.25) is 4.68 Å². The van der Waals surface area contributed by atoms with Crippen LogP contribution in [0, 0.1) is 6.92 Å². The summed E-state index contributed by atoms with van der Waals surface area (Å²) in [5, 5.41) is 4.28. The maximum Gasteiger partial charge on any atom is 0.240 e. The van der Waals surface area contributed by atoms with E-state index in [1.807, 2.05) is 36.0 Å². The minimum Gasteiger partial charge on any atom is -0.272 e. The maximum absolute atomic E-state index is 12.2. The average Bonchev–Trinajstić information content (AvgIpc) is 2.95. The van der Waals surface area contributed by atoms with Gasteiger partial charge in [0.15, 0.2) is 0 Å². The van der Waals surface area contributed by atoms with Crippen LogP contribution in [0.5, 0.6) is 0 Å². The smallest absolute Gasteiger partial charge is 0.240 e. The lowest BCUT2D eigenvalue weighted by Gasteiger charge is -2.08. The van der Waals surface area contributed by atoms with E-state index in [0.29, 0.717) is 24.4 Å². The number of aromatic nitrogens is 2. The highest BCUT2D eigenvalue weighted by Crippen LogP contribution is 2.12. The molecule has 0 radical (unpaired) electrons. The van der Waals surface area contributed by atoms with E-state index in [-0.39, 0.29) is 0 Å². The molecule has 0 saturated heterocycles. The largest absolute Gasteiger partial charge is 0.272 e. The molecule has 0 saturated carbocycles. The number of hydrogen-bond donors (Lipinski definition) is 1. The Morgan fingerprint density at radius 1 is 1.13 bits per heavy atom. The molecule has 0 atom stereocenters. The predicted molar refractivity (Wildman–Crippen MR) is 91.8 cm³/mol. The molecule has 126 valence electrons. The Kier molecular flexibility index (Phi) is 6.36. The molecule has 5 nitrogen and oxygen atoms in total. The molecule has 1 aromatic heterocycles. The van der Waals surface area contributed by atoms with Crippen molar-refractivity contribution < 1.29 is 8.42 Å². The van der Waals surface area contributed by atoms with Crippen molar-refractivity contribution in [2.45, 2.75) is 51.0 Å². The van der Waals surface area contributed by atoms with Crippen molar-refractivity contribution in [3.63, 3.8) is 0 Å². The van der Waals surface area contributed by atoms with E-state index in [1.54, 1.807) is 12.1 Å². The number of rotatable bonds is 9. The Balaban J connectivity index is 1.83. The highest BCUT2D eigenvalue weighted by atomic mass is 32.2. The Morgan fingerprint density at radius 2 is 1.87 bits per heavy atom. The van der Waals surface area contributed by atoms with Crippen LogP contribution in [0.1, 0.15) is 37.4 Å². The average molecular weight is 335 g/mol. The van der Waals surface area contributed by atoms with Crippen LogP contribution in [0.2, 0.25) is 0 Å². The molecule has 0 bridgehead atoms. The lowest BCUT2D eigenvalue weighted by atomic mass is 10.1. The predicted octanol–water partition coefficient (Wildman–Crippen LogP) is 2.90. The summed E-state index contributed by atoms with van der Waals surface area (Å²) in [4.78, 5) is 0.327. The SMILES string of the molecule is CCCCc1ccc(S(=O)(=O)NCCCn2ccc(C)n2)cc1. The van der Waals surface area contributed by atoms with Gasteiger partial charge in [-0.15, -0.1) is 0 Å². The third-order valence-corrected chi connectivity index (χ3v) is 5.16.